The first-order valence-corrected chi connectivity index (χ1v) is 7.08. The van der Waals surface area contributed by atoms with Gasteiger partial charge < -0.3 is 9.47 Å². The largest absolute Gasteiger partial charge is 0.496 e. The third-order valence-electron chi connectivity index (χ3n) is 3.73. The van der Waals surface area contributed by atoms with E-state index in [1.165, 1.54) is 19.2 Å². The number of methoxy groups -OCH3 is 1. The molecule has 0 unspecified atom stereocenters. The number of rotatable bonds is 4. The summed E-state index contributed by atoms with van der Waals surface area (Å²) in [7, 11) is 1.28. The molecule has 0 aliphatic carbocycles. The van der Waals surface area contributed by atoms with Gasteiger partial charge >= 0.3 is 12.4 Å². The maximum Gasteiger partial charge on any atom is 0.427 e. The fourth-order valence-corrected chi connectivity index (χ4v) is 2.60. The number of ether oxygens (including phenoxy) is 2. The number of aryl methyl sites for hydroxylation is 1. The molecule has 0 spiro atoms. The Morgan fingerprint density at radius 2 is 1.42 bits per heavy atom. The maximum atomic E-state index is 13.5. The lowest BCUT2D eigenvalue weighted by Crippen LogP contribution is -2.66. The van der Waals surface area contributed by atoms with Crippen LogP contribution in [0.4, 0.5) is 26.3 Å². The average molecular weight is 358 g/mol. The van der Waals surface area contributed by atoms with E-state index in [9.17, 15) is 26.3 Å². The average Bonchev–Trinajstić information content (AvgIpc) is 2.34. The van der Waals surface area contributed by atoms with Crippen molar-refractivity contribution in [1.82, 2.24) is 0 Å². The first-order valence-electron chi connectivity index (χ1n) is 7.08. The van der Waals surface area contributed by atoms with Crippen LogP contribution in [-0.2, 0) is 11.3 Å². The lowest BCUT2D eigenvalue weighted by Gasteiger charge is -2.46. The fourth-order valence-electron chi connectivity index (χ4n) is 2.60. The van der Waals surface area contributed by atoms with Gasteiger partial charge in [-0.2, -0.15) is 26.3 Å². The zero-order chi connectivity index (χ0) is 19.0. The van der Waals surface area contributed by atoms with E-state index in [1.807, 2.05) is 0 Å². The van der Waals surface area contributed by atoms with Crippen molar-refractivity contribution in [2.24, 2.45) is 5.41 Å². The number of benzene rings is 1. The molecule has 0 radical (unpaired) electrons. The molecular weight excluding hydrogens is 338 g/mol. The van der Waals surface area contributed by atoms with Crippen molar-refractivity contribution < 1.29 is 35.8 Å². The first kappa shape index (κ1) is 20.6. The summed E-state index contributed by atoms with van der Waals surface area (Å²) in [5, 5.41) is 0. The van der Waals surface area contributed by atoms with Gasteiger partial charge in [0.1, 0.15) is 5.75 Å². The molecule has 0 heterocycles. The first-order chi connectivity index (χ1) is 10.7. The zero-order valence-electron chi connectivity index (χ0n) is 14.0. The summed E-state index contributed by atoms with van der Waals surface area (Å²) in [6.07, 6.45) is -11.3. The second-order valence-corrected chi connectivity index (χ2v) is 6.53. The Morgan fingerprint density at radius 3 is 1.79 bits per heavy atom. The number of alkyl halides is 6. The molecule has 0 atom stereocenters. The van der Waals surface area contributed by atoms with Gasteiger partial charge in [0, 0.05) is 11.0 Å². The normalized spacial score (nSPS) is 14.0. The topological polar surface area (TPSA) is 18.5 Å². The summed E-state index contributed by atoms with van der Waals surface area (Å²) < 4.78 is 90.3. The van der Waals surface area contributed by atoms with Crippen molar-refractivity contribution in [1.29, 1.82) is 0 Å². The highest BCUT2D eigenvalue weighted by Gasteiger charge is 2.77. The van der Waals surface area contributed by atoms with E-state index < -0.39 is 30.0 Å². The molecule has 0 bridgehead atoms. The molecule has 0 aliphatic rings. The lowest BCUT2D eigenvalue weighted by molar-refractivity contribution is -0.413. The van der Waals surface area contributed by atoms with Crippen LogP contribution in [0.2, 0.25) is 0 Å². The van der Waals surface area contributed by atoms with E-state index in [1.54, 1.807) is 13.0 Å². The van der Waals surface area contributed by atoms with Crippen LogP contribution in [0.5, 0.6) is 5.75 Å². The van der Waals surface area contributed by atoms with Crippen LogP contribution in [0.1, 0.15) is 31.9 Å². The number of hydrogen-bond donors (Lipinski definition) is 0. The molecule has 8 heteroatoms. The molecule has 1 rings (SSSR count). The second-order valence-electron chi connectivity index (χ2n) is 6.53. The van der Waals surface area contributed by atoms with E-state index in [-0.39, 0.29) is 11.3 Å². The van der Waals surface area contributed by atoms with E-state index in [0.717, 1.165) is 20.8 Å². The van der Waals surface area contributed by atoms with Crippen LogP contribution < -0.4 is 4.74 Å². The molecule has 0 aromatic heterocycles. The van der Waals surface area contributed by atoms with E-state index in [0.29, 0.717) is 5.56 Å². The highest BCUT2D eigenvalue weighted by molar-refractivity contribution is 5.36. The minimum Gasteiger partial charge on any atom is -0.496 e. The predicted octanol–water partition coefficient (Wildman–Crippen LogP) is 5.43. The zero-order valence-corrected chi connectivity index (χ0v) is 14.0. The molecule has 0 aliphatic heterocycles. The summed E-state index contributed by atoms with van der Waals surface area (Å²) in [4.78, 5) is 0. The summed E-state index contributed by atoms with van der Waals surface area (Å²) in [5.41, 5.74) is -5.79. The third kappa shape index (κ3) is 3.63. The van der Waals surface area contributed by atoms with Crippen LogP contribution in [0.15, 0.2) is 18.2 Å². The highest BCUT2D eigenvalue weighted by atomic mass is 19.4. The van der Waals surface area contributed by atoms with Crippen molar-refractivity contribution in [2.75, 3.05) is 7.11 Å². The molecule has 2 nitrogen and oxygen atoms in total. The van der Waals surface area contributed by atoms with Gasteiger partial charge in [0.25, 0.3) is 5.60 Å². The van der Waals surface area contributed by atoms with Crippen LogP contribution in [-0.4, -0.2) is 25.1 Å². The van der Waals surface area contributed by atoms with Crippen LogP contribution >= 0.6 is 0 Å². The Kier molecular flexibility index (Phi) is 5.55. The highest BCUT2D eigenvalue weighted by Crippen LogP contribution is 2.55. The van der Waals surface area contributed by atoms with Gasteiger partial charge in [-0.05, 0) is 13.0 Å². The monoisotopic (exact) mass is 358 g/mol. The molecule has 0 fully saturated rings. The second kappa shape index (κ2) is 6.46. The van der Waals surface area contributed by atoms with Gasteiger partial charge in [-0.15, -0.1) is 0 Å². The molecule has 0 amide bonds. The standard InChI is InChI=1S/C16H20F6O2/c1-10-6-7-12(23-5)11(8-10)9-24-14(13(2,3)4,15(17,18)19)16(20,21)22/h6-8H,9H2,1-5H3. The minimum absolute atomic E-state index is 0.111. The van der Waals surface area contributed by atoms with Gasteiger partial charge in [-0.25, -0.2) is 0 Å². The molecular formula is C16H20F6O2. The third-order valence-corrected chi connectivity index (χ3v) is 3.73. The van der Waals surface area contributed by atoms with E-state index in [2.05, 4.69) is 4.74 Å². The molecule has 0 saturated heterocycles. The maximum absolute atomic E-state index is 13.5. The summed E-state index contributed by atoms with van der Waals surface area (Å²) >= 11 is 0. The number of halogens is 6. The molecule has 1 aromatic rings. The van der Waals surface area contributed by atoms with Crippen molar-refractivity contribution in [3.63, 3.8) is 0 Å². The predicted molar refractivity (Wildman–Crippen MR) is 76.8 cm³/mol. The Labute approximate surface area is 136 Å². The van der Waals surface area contributed by atoms with Crippen LogP contribution in [0, 0.1) is 12.3 Å². The molecule has 138 valence electrons. The van der Waals surface area contributed by atoms with E-state index in [4.69, 9.17) is 4.74 Å². The number of hydrogen-bond acceptors (Lipinski definition) is 2. The Hall–Kier alpha value is -1.44. The molecule has 0 N–H and O–H groups in total. The van der Waals surface area contributed by atoms with Gasteiger partial charge in [-0.1, -0.05) is 38.5 Å². The molecule has 24 heavy (non-hydrogen) atoms. The van der Waals surface area contributed by atoms with Gasteiger partial charge in [0.2, 0.25) is 0 Å². The summed E-state index contributed by atoms with van der Waals surface area (Å²) in [5.74, 6) is 0.160. The lowest BCUT2D eigenvalue weighted by atomic mass is 9.75. The quantitative estimate of drug-likeness (QED) is 0.668. The van der Waals surface area contributed by atoms with E-state index >= 15 is 0 Å². The van der Waals surface area contributed by atoms with Crippen molar-refractivity contribution in [2.45, 2.75) is 52.3 Å². The van der Waals surface area contributed by atoms with Crippen LogP contribution in [0.3, 0.4) is 0 Å². The van der Waals surface area contributed by atoms with Gasteiger partial charge in [0.05, 0.1) is 13.7 Å². The van der Waals surface area contributed by atoms with Crippen LogP contribution in [0.25, 0.3) is 0 Å². The van der Waals surface area contributed by atoms with Gasteiger partial charge in [0.15, 0.2) is 0 Å². The summed E-state index contributed by atoms with van der Waals surface area (Å²) in [6, 6.07) is 4.53. The fraction of sp³-hybridized carbons (Fsp3) is 0.625. The Balaban J connectivity index is 3.38. The van der Waals surface area contributed by atoms with Gasteiger partial charge in [-0.3, -0.25) is 0 Å². The smallest absolute Gasteiger partial charge is 0.427 e. The molecule has 0 saturated carbocycles. The SMILES string of the molecule is COc1ccc(C)cc1COC(C(C)(C)C)(C(F)(F)F)C(F)(F)F. The minimum atomic E-state index is -5.64. The van der Waals surface area contributed by atoms with Crippen molar-refractivity contribution in [3.8, 4) is 5.75 Å². The van der Waals surface area contributed by atoms with Crippen molar-refractivity contribution in [3.05, 3.63) is 29.3 Å². The summed E-state index contributed by atoms with van der Waals surface area (Å²) in [6.45, 7) is 3.32. The molecule has 1 aromatic carbocycles. The Morgan fingerprint density at radius 1 is 0.917 bits per heavy atom. The Bertz CT molecular complexity index is 533. The van der Waals surface area contributed by atoms with Crippen molar-refractivity contribution >= 4 is 0 Å².